The largest absolute Gasteiger partial charge is 0.297 e. The highest BCUT2D eigenvalue weighted by atomic mass is 32.2. The van der Waals surface area contributed by atoms with Gasteiger partial charge in [0.15, 0.2) is 12.4 Å². The summed E-state index contributed by atoms with van der Waals surface area (Å²) in [5.74, 6) is 1.46. The van der Waals surface area contributed by atoms with E-state index in [-0.39, 0.29) is 26.9 Å². The quantitative estimate of drug-likeness (QED) is 0.145. The van der Waals surface area contributed by atoms with Crippen molar-refractivity contribution in [2.24, 2.45) is 17.8 Å². The summed E-state index contributed by atoms with van der Waals surface area (Å²) in [6.45, 7) is 7.77. The summed E-state index contributed by atoms with van der Waals surface area (Å²) in [6, 6.07) is 25.5. The fraction of sp³-hybridized carbons (Fsp3) is 0.425. The molecule has 2 N–H and O–H groups in total. The van der Waals surface area contributed by atoms with E-state index < -0.39 is 30.4 Å². The molecular weight excluding hydrogens is 735 g/mol. The van der Waals surface area contributed by atoms with Crippen LogP contribution in [0.15, 0.2) is 118 Å². The number of nitrogens with one attached hydrogen (secondary N) is 1. The smallest absolute Gasteiger partial charge is 0.282 e. The zero-order valence-electron chi connectivity index (χ0n) is 30.8. The van der Waals surface area contributed by atoms with Crippen LogP contribution in [0.1, 0.15) is 75.0 Å². The number of aromatic nitrogens is 1. The standard InChI is InChI=1S/C14H18O3S.C14H20O3S.C7H8O3S.C5H5N/c1-10-2-6-13(7-3-10)18(15,16)17-14-9-11-4-5-12(14)8-11;1-11-7-9-13(10-8-11)18(15,16)17-14-6-4-3-5-12(14)2;1-6-2-4-7(5-3-6)11(8,9)10;1-2-4-6-5-3-1/h2-3,6-7,11-12,14H,4-5,8-9H2,1H3;7-10,12,14H,3-6H2,1-2H3;2-5H,1H3,(H,8,9,10);1-5H/p+1. The molecule has 5 atom stereocenters. The summed E-state index contributed by atoms with van der Waals surface area (Å²) < 4.78 is 88.9. The van der Waals surface area contributed by atoms with E-state index in [0.717, 1.165) is 55.2 Å². The second-order valence-electron chi connectivity index (χ2n) is 14.1. The van der Waals surface area contributed by atoms with Gasteiger partial charge in [0.2, 0.25) is 0 Å². The van der Waals surface area contributed by atoms with Crippen molar-refractivity contribution in [1.29, 1.82) is 0 Å². The van der Waals surface area contributed by atoms with Gasteiger partial charge in [-0.1, -0.05) is 78.9 Å². The first-order valence-electron chi connectivity index (χ1n) is 18.0. The number of aryl methyl sites for hydroxylation is 3. The molecule has 4 aromatic rings. The molecule has 3 aliphatic rings. The van der Waals surface area contributed by atoms with Crippen molar-refractivity contribution in [3.05, 3.63) is 120 Å². The minimum absolute atomic E-state index is 0.0666. The Labute approximate surface area is 316 Å². The van der Waals surface area contributed by atoms with E-state index in [2.05, 4.69) is 11.9 Å². The van der Waals surface area contributed by atoms with Crippen LogP contribution in [0.4, 0.5) is 0 Å². The molecule has 10 nitrogen and oxygen atoms in total. The number of rotatable bonds is 7. The molecule has 1 aromatic heterocycles. The Morgan fingerprint density at radius 2 is 1.02 bits per heavy atom. The van der Waals surface area contributed by atoms with Crippen LogP contribution >= 0.6 is 0 Å². The number of aromatic amines is 1. The Kier molecular flexibility index (Phi) is 15.3. The van der Waals surface area contributed by atoms with Gasteiger partial charge in [0, 0.05) is 12.1 Å². The maximum absolute atomic E-state index is 12.2. The summed E-state index contributed by atoms with van der Waals surface area (Å²) in [5.41, 5.74) is 3.05. The SMILES string of the molecule is Cc1ccc(S(=O)(=O)O)cc1.Cc1ccc(S(=O)(=O)OC2CC3CCC2C3)cc1.Cc1ccc(S(=O)(=O)OC2CCCCC2C)cc1.c1cc[nH+]cc1. The Bertz CT molecular complexity index is 1940. The van der Waals surface area contributed by atoms with Crippen molar-refractivity contribution in [2.45, 2.75) is 106 Å². The molecule has 53 heavy (non-hydrogen) atoms. The van der Waals surface area contributed by atoms with Gasteiger partial charge in [-0.3, -0.25) is 12.9 Å². The fourth-order valence-electron chi connectivity index (χ4n) is 6.63. The van der Waals surface area contributed by atoms with Crippen molar-refractivity contribution < 1.29 is 43.2 Å². The van der Waals surface area contributed by atoms with Gasteiger partial charge in [-0.15, -0.1) is 0 Å². The Morgan fingerprint density at radius 1 is 0.566 bits per heavy atom. The highest BCUT2D eigenvalue weighted by Crippen LogP contribution is 2.46. The van der Waals surface area contributed by atoms with Crippen molar-refractivity contribution in [1.82, 2.24) is 0 Å². The fourth-order valence-corrected chi connectivity index (χ4v) is 9.44. The molecule has 0 aliphatic heterocycles. The normalized spacial score (nSPS) is 22.2. The molecule has 3 saturated carbocycles. The molecular formula is C40H52NO9S3+. The maximum Gasteiger partial charge on any atom is 0.297 e. The van der Waals surface area contributed by atoms with E-state index in [1.165, 1.54) is 25.0 Å². The summed E-state index contributed by atoms with van der Waals surface area (Å²) in [6.07, 6.45) is 12.0. The highest BCUT2D eigenvalue weighted by molar-refractivity contribution is 7.87. The van der Waals surface area contributed by atoms with Crippen LogP contribution < -0.4 is 4.98 Å². The summed E-state index contributed by atoms with van der Waals surface area (Å²) in [5, 5.41) is 0. The third-order valence-corrected chi connectivity index (χ3v) is 13.3. The van der Waals surface area contributed by atoms with E-state index in [1.54, 1.807) is 60.7 Å². The van der Waals surface area contributed by atoms with Crippen LogP contribution in [-0.4, -0.2) is 42.0 Å². The van der Waals surface area contributed by atoms with Gasteiger partial charge in [-0.2, -0.15) is 25.3 Å². The first-order valence-corrected chi connectivity index (χ1v) is 22.2. The van der Waals surface area contributed by atoms with Gasteiger partial charge < -0.3 is 0 Å². The second-order valence-corrected chi connectivity index (χ2v) is 18.7. The molecule has 0 spiro atoms. The Hall–Kier alpha value is -3.46. The van der Waals surface area contributed by atoms with E-state index in [1.807, 2.05) is 51.4 Å². The summed E-state index contributed by atoms with van der Waals surface area (Å²) in [4.78, 5) is 3.36. The second kappa shape index (κ2) is 19.2. The molecule has 0 saturated heterocycles. The lowest BCUT2D eigenvalue weighted by Gasteiger charge is -2.27. The van der Waals surface area contributed by atoms with Crippen molar-refractivity contribution in [2.75, 3.05) is 0 Å². The number of benzene rings is 3. The molecule has 3 aromatic carbocycles. The molecule has 5 unspecified atom stereocenters. The van der Waals surface area contributed by atoms with Gasteiger partial charge in [0.1, 0.15) is 0 Å². The minimum Gasteiger partial charge on any atom is -0.282 e. The molecule has 3 aliphatic carbocycles. The maximum atomic E-state index is 12.2. The van der Waals surface area contributed by atoms with Crippen LogP contribution in [0.2, 0.25) is 0 Å². The number of hydrogen-bond acceptors (Lipinski definition) is 8. The zero-order chi connectivity index (χ0) is 38.6. The van der Waals surface area contributed by atoms with Crippen LogP contribution in [0.5, 0.6) is 0 Å². The lowest BCUT2D eigenvalue weighted by molar-refractivity contribution is -0.377. The van der Waals surface area contributed by atoms with Crippen molar-refractivity contribution in [3.63, 3.8) is 0 Å². The van der Waals surface area contributed by atoms with Crippen LogP contribution in [0.25, 0.3) is 0 Å². The molecule has 0 amide bonds. The topological polar surface area (TPSA) is 155 Å². The first-order chi connectivity index (χ1) is 25.0. The van der Waals surface area contributed by atoms with E-state index in [9.17, 15) is 25.3 Å². The van der Waals surface area contributed by atoms with Gasteiger partial charge in [-0.05, 0) is 113 Å². The van der Waals surface area contributed by atoms with E-state index in [0.29, 0.717) is 17.8 Å². The number of fused-ring (bicyclic) bond motifs is 2. The predicted molar refractivity (Wildman–Crippen MR) is 204 cm³/mol. The third kappa shape index (κ3) is 13.4. The number of H-pyrrole nitrogens is 1. The van der Waals surface area contributed by atoms with Gasteiger partial charge >= 0.3 is 0 Å². The van der Waals surface area contributed by atoms with E-state index >= 15 is 0 Å². The van der Waals surface area contributed by atoms with Gasteiger partial charge in [0.25, 0.3) is 30.4 Å². The molecule has 2 bridgehead atoms. The molecule has 7 rings (SSSR count). The lowest BCUT2D eigenvalue weighted by atomic mass is 9.88. The average Bonchev–Trinajstić information content (AvgIpc) is 3.75. The van der Waals surface area contributed by atoms with Crippen molar-refractivity contribution in [3.8, 4) is 0 Å². The predicted octanol–water partition coefficient (Wildman–Crippen LogP) is 7.91. The first kappa shape index (κ1) is 42.3. The average molecular weight is 787 g/mol. The summed E-state index contributed by atoms with van der Waals surface area (Å²) >= 11 is 0. The Morgan fingerprint density at radius 3 is 1.38 bits per heavy atom. The third-order valence-electron chi connectivity index (χ3n) is 9.75. The van der Waals surface area contributed by atoms with Crippen LogP contribution in [0, 0.1) is 38.5 Å². The van der Waals surface area contributed by atoms with E-state index in [4.69, 9.17) is 12.9 Å². The number of pyridine rings is 1. The molecule has 288 valence electrons. The monoisotopic (exact) mass is 786 g/mol. The van der Waals surface area contributed by atoms with Gasteiger partial charge in [0.05, 0.1) is 26.9 Å². The van der Waals surface area contributed by atoms with Gasteiger partial charge in [-0.25, -0.2) is 4.98 Å². The highest BCUT2D eigenvalue weighted by Gasteiger charge is 2.42. The molecule has 13 heteroatoms. The molecule has 0 radical (unpaired) electrons. The molecule has 1 heterocycles. The molecule has 3 fully saturated rings. The van der Waals surface area contributed by atoms with Crippen LogP contribution in [0.3, 0.4) is 0 Å². The number of hydrogen-bond donors (Lipinski definition) is 1. The van der Waals surface area contributed by atoms with Crippen LogP contribution in [-0.2, 0) is 38.7 Å². The Balaban J connectivity index is 0.000000168. The van der Waals surface area contributed by atoms with Crippen molar-refractivity contribution >= 4 is 30.4 Å². The minimum atomic E-state index is -4.02. The zero-order valence-corrected chi connectivity index (χ0v) is 33.2. The summed E-state index contributed by atoms with van der Waals surface area (Å²) in [7, 11) is -11.2. The lowest BCUT2D eigenvalue weighted by Crippen LogP contribution is -2.28.